The molecule has 2 unspecified atom stereocenters. The van der Waals surface area contributed by atoms with Gasteiger partial charge in [0.25, 0.3) is 11.8 Å². The van der Waals surface area contributed by atoms with Gasteiger partial charge in [-0.2, -0.15) is 0 Å². The fourth-order valence-electron chi connectivity index (χ4n) is 5.62. The van der Waals surface area contributed by atoms with Crippen molar-refractivity contribution in [1.82, 2.24) is 4.90 Å². The zero-order valence-electron chi connectivity index (χ0n) is 19.9. The van der Waals surface area contributed by atoms with E-state index < -0.39 is 28.9 Å². The highest BCUT2D eigenvalue weighted by atomic mass is 16.3. The standard InChI is InChI=1S/C29H24N2O5/c1-3-30-21-12-8-7-11-20(21)29(28(30)35)24-25(33)19-15-17(2)13-14-23(19)36-26(24)27(34)31(29)16-22(32)18-9-5-4-6-10-18/h4-15,22,32H,3,16H2,1-2H3. The first-order valence-electron chi connectivity index (χ1n) is 11.9. The Kier molecular flexibility index (Phi) is 4.88. The van der Waals surface area contributed by atoms with E-state index in [0.29, 0.717) is 28.7 Å². The predicted molar refractivity (Wildman–Crippen MR) is 135 cm³/mol. The number of para-hydroxylation sites is 1. The smallest absolute Gasteiger partial charge is 0.291 e. The largest absolute Gasteiger partial charge is 0.450 e. The number of aliphatic hydroxyl groups excluding tert-OH is 1. The number of rotatable bonds is 4. The number of amides is 2. The van der Waals surface area contributed by atoms with Crippen LogP contribution in [0.3, 0.4) is 0 Å². The second kappa shape index (κ2) is 7.90. The van der Waals surface area contributed by atoms with Crippen LogP contribution < -0.4 is 10.3 Å². The Morgan fingerprint density at radius 1 is 0.972 bits per heavy atom. The minimum absolute atomic E-state index is 0.0132. The van der Waals surface area contributed by atoms with Crippen molar-refractivity contribution in [3.8, 4) is 0 Å². The van der Waals surface area contributed by atoms with Crippen LogP contribution in [-0.2, 0) is 10.3 Å². The molecule has 2 aliphatic heterocycles. The van der Waals surface area contributed by atoms with Crippen molar-refractivity contribution in [2.24, 2.45) is 0 Å². The van der Waals surface area contributed by atoms with Crippen molar-refractivity contribution in [1.29, 1.82) is 0 Å². The molecule has 0 radical (unpaired) electrons. The molecule has 3 heterocycles. The van der Waals surface area contributed by atoms with Crippen LogP contribution in [-0.4, -0.2) is 34.9 Å². The summed E-state index contributed by atoms with van der Waals surface area (Å²) in [6, 6.07) is 21.3. The number of nitrogens with zero attached hydrogens (tertiary/aromatic N) is 2. The maximum Gasteiger partial charge on any atom is 0.291 e. The van der Waals surface area contributed by atoms with Gasteiger partial charge in [0.15, 0.2) is 11.0 Å². The number of aliphatic hydroxyl groups is 1. The Balaban J connectivity index is 1.67. The summed E-state index contributed by atoms with van der Waals surface area (Å²) in [7, 11) is 0. The van der Waals surface area contributed by atoms with Gasteiger partial charge in [-0.25, -0.2) is 0 Å². The molecule has 0 saturated heterocycles. The molecule has 7 nitrogen and oxygen atoms in total. The number of carbonyl (C=O) groups is 2. The summed E-state index contributed by atoms with van der Waals surface area (Å²) >= 11 is 0. The molecule has 3 aromatic carbocycles. The lowest BCUT2D eigenvalue weighted by molar-refractivity contribution is -0.126. The van der Waals surface area contributed by atoms with Gasteiger partial charge in [0, 0.05) is 12.1 Å². The molecule has 7 heteroatoms. The van der Waals surface area contributed by atoms with Crippen LogP contribution in [0.2, 0.25) is 0 Å². The molecule has 2 atom stereocenters. The van der Waals surface area contributed by atoms with Crippen LogP contribution in [0.4, 0.5) is 5.69 Å². The SMILES string of the molecule is CCN1C(=O)C2(c3ccccc31)c1c(oc3ccc(C)cc3c1=O)C(=O)N2CC(O)c1ccccc1. The molecule has 1 spiro atoms. The van der Waals surface area contributed by atoms with E-state index in [1.807, 2.05) is 32.0 Å². The first-order chi connectivity index (χ1) is 17.4. The lowest BCUT2D eigenvalue weighted by Crippen LogP contribution is -2.54. The number of fused-ring (bicyclic) bond motifs is 5. The fraction of sp³-hybridized carbons (Fsp3) is 0.207. The normalized spacial score (nSPS) is 19.3. The third kappa shape index (κ3) is 2.80. The molecule has 0 saturated carbocycles. The van der Waals surface area contributed by atoms with Crippen LogP contribution in [0.1, 0.15) is 45.8 Å². The van der Waals surface area contributed by atoms with E-state index >= 15 is 0 Å². The van der Waals surface area contributed by atoms with Crippen molar-refractivity contribution in [3.05, 3.63) is 111 Å². The number of hydrogen-bond acceptors (Lipinski definition) is 5. The Hall–Kier alpha value is -4.23. The Labute approximate surface area is 207 Å². The zero-order valence-corrected chi connectivity index (χ0v) is 19.9. The topological polar surface area (TPSA) is 91.1 Å². The van der Waals surface area contributed by atoms with Crippen molar-refractivity contribution in [3.63, 3.8) is 0 Å². The molecule has 2 amide bonds. The second-order valence-electron chi connectivity index (χ2n) is 9.25. The first kappa shape index (κ1) is 22.2. The van der Waals surface area contributed by atoms with Crippen LogP contribution in [0.15, 0.2) is 82.0 Å². The maximum absolute atomic E-state index is 14.3. The third-order valence-corrected chi connectivity index (χ3v) is 7.25. The van der Waals surface area contributed by atoms with E-state index in [1.165, 1.54) is 4.90 Å². The monoisotopic (exact) mass is 480 g/mol. The van der Waals surface area contributed by atoms with E-state index in [2.05, 4.69) is 0 Å². The van der Waals surface area contributed by atoms with Gasteiger partial charge in [0.2, 0.25) is 5.76 Å². The molecular weight excluding hydrogens is 456 g/mol. The third-order valence-electron chi connectivity index (χ3n) is 7.25. The summed E-state index contributed by atoms with van der Waals surface area (Å²) in [5.41, 5.74) is 0.773. The summed E-state index contributed by atoms with van der Waals surface area (Å²) in [6.45, 7) is 3.87. The number of carbonyl (C=O) groups excluding carboxylic acids is 2. The van der Waals surface area contributed by atoms with Gasteiger partial charge in [-0.3, -0.25) is 14.4 Å². The van der Waals surface area contributed by atoms with Crippen molar-refractivity contribution in [2.45, 2.75) is 25.5 Å². The molecule has 4 aromatic rings. The number of anilines is 1. The van der Waals surface area contributed by atoms with Crippen LogP contribution >= 0.6 is 0 Å². The van der Waals surface area contributed by atoms with Crippen molar-refractivity contribution >= 4 is 28.5 Å². The minimum Gasteiger partial charge on any atom is -0.450 e. The van der Waals surface area contributed by atoms with E-state index in [9.17, 15) is 19.5 Å². The average molecular weight is 481 g/mol. The highest BCUT2D eigenvalue weighted by Crippen LogP contribution is 2.52. The maximum atomic E-state index is 14.3. The Morgan fingerprint density at radius 3 is 2.44 bits per heavy atom. The molecule has 0 aliphatic carbocycles. The molecule has 0 fully saturated rings. The molecule has 180 valence electrons. The number of β-amino-alcohol motifs (C(OH)–C–C–N with tert-alkyl or cyclic N) is 1. The fourth-order valence-corrected chi connectivity index (χ4v) is 5.62. The molecule has 1 aromatic heterocycles. The number of benzene rings is 3. The quantitative estimate of drug-likeness (QED) is 0.478. The molecular formula is C29H24N2O5. The summed E-state index contributed by atoms with van der Waals surface area (Å²) in [6.07, 6.45) is -1.08. The van der Waals surface area contributed by atoms with Gasteiger partial charge in [-0.15, -0.1) is 0 Å². The lowest BCUT2D eigenvalue weighted by atomic mass is 9.83. The van der Waals surface area contributed by atoms with E-state index in [0.717, 1.165) is 5.56 Å². The molecule has 1 N–H and O–H groups in total. The second-order valence-corrected chi connectivity index (χ2v) is 9.25. The van der Waals surface area contributed by atoms with E-state index in [-0.39, 0.29) is 23.5 Å². The Morgan fingerprint density at radius 2 is 1.69 bits per heavy atom. The van der Waals surface area contributed by atoms with Gasteiger partial charge >= 0.3 is 0 Å². The van der Waals surface area contributed by atoms with Crippen LogP contribution in [0, 0.1) is 6.92 Å². The number of hydrogen-bond donors (Lipinski definition) is 1. The van der Waals surface area contributed by atoms with Crippen LogP contribution in [0.25, 0.3) is 11.0 Å². The van der Waals surface area contributed by atoms with E-state index in [1.54, 1.807) is 59.5 Å². The van der Waals surface area contributed by atoms with Gasteiger partial charge in [0.05, 0.1) is 29.3 Å². The first-order valence-corrected chi connectivity index (χ1v) is 11.9. The van der Waals surface area contributed by atoms with Gasteiger partial charge in [-0.1, -0.05) is 60.2 Å². The Bertz CT molecular complexity index is 1610. The van der Waals surface area contributed by atoms with Crippen molar-refractivity contribution < 1.29 is 19.1 Å². The summed E-state index contributed by atoms with van der Waals surface area (Å²) < 4.78 is 6.05. The number of aryl methyl sites for hydroxylation is 1. The van der Waals surface area contributed by atoms with Crippen LogP contribution in [0.5, 0.6) is 0 Å². The highest BCUT2D eigenvalue weighted by molar-refractivity contribution is 6.17. The van der Waals surface area contributed by atoms with Crippen molar-refractivity contribution in [2.75, 3.05) is 18.0 Å². The highest BCUT2D eigenvalue weighted by Gasteiger charge is 2.65. The van der Waals surface area contributed by atoms with Gasteiger partial charge < -0.3 is 19.3 Å². The molecule has 0 bridgehead atoms. The van der Waals surface area contributed by atoms with E-state index in [4.69, 9.17) is 4.42 Å². The van der Waals surface area contributed by atoms with Gasteiger partial charge in [0.1, 0.15) is 5.58 Å². The molecule has 36 heavy (non-hydrogen) atoms. The summed E-state index contributed by atoms with van der Waals surface area (Å²) in [5.74, 6) is -1.16. The molecule has 2 aliphatic rings. The summed E-state index contributed by atoms with van der Waals surface area (Å²) in [5, 5.41) is 11.5. The van der Waals surface area contributed by atoms with Gasteiger partial charge in [-0.05, 0) is 37.6 Å². The zero-order chi connectivity index (χ0) is 25.2. The summed E-state index contributed by atoms with van der Waals surface area (Å²) in [4.78, 5) is 45.2. The minimum atomic E-state index is -1.73. The number of likely N-dealkylation sites (N-methyl/N-ethyl adjacent to an activating group) is 1. The molecule has 6 rings (SSSR count). The lowest BCUT2D eigenvalue weighted by Gasteiger charge is -2.35. The predicted octanol–water partition coefficient (Wildman–Crippen LogP) is 3.90. The average Bonchev–Trinajstić information content (AvgIpc) is 3.29.